The van der Waals surface area contributed by atoms with Gasteiger partial charge in [0, 0.05) is 12.0 Å². The molecule has 0 aliphatic carbocycles. The van der Waals surface area contributed by atoms with Gasteiger partial charge < -0.3 is 14.8 Å². The third kappa shape index (κ3) is 6.38. The molecule has 0 unspecified atom stereocenters. The molecule has 3 aromatic carbocycles. The van der Waals surface area contributed by atoms with Gasteiger partial charge in [-0.05, 0) is 48.1 Å². The van der Waals surface area contributed by atoms with Crippen molar-refractivity contribution in [2.45, 2.75) is 6.42 Å². The van der Waals surface area contributed by atoms with Gasteiger partial charge in [-0.3, -0.25) is 10.1 Å². The average molecular weight is 435 g/mol. The first-order chi connectivity index (χ1) is 15.1. The van der Waals surface area contributed by atoms with Crippen LogP contribution in [0.2, 0.25) is 0 Å². The number of hydrogen-bond donors (Lipinski definition) is 2. The molecule has 31 heavy (non-hydrogen) atoms. The molecular formula is C24H22N2O4S. The molecule has 0 atom stereocenters. The van der Waals surface area contributed by atoms with Crippen molar-refractivity contribution in [3.05, 3.63) is 95.6 Å². The fourth-order valence-electron chi connectivity index (χ4n) is 2.87. The van der Waals surface area contributed by atoms with E-state index in [1.165, 1.54) is 12.7 Å². The number of carbonyl (C=O) groups is 2. The zero-order chi connectivity index (χ0) is 22.1. The van der Waals surface area contributed by atoms with Gasteiger partial charge in [0.15, 0.2) is 5.11 Å². The van der Waals surface area contributed by atoms with Gasteiger partial charge in [-0.15, -0.1) is 0 Å². The highest BCUT2D eigenvalue weighted by atomic mass is 32.1. The number of rotatable bonds is 7. The molecule has 0 saturated carbocycles. The van der Waals surface area contributed by atoms with Crippen molar-refractivity contribution in [1.29, 1.82) is 0 Å². The maximum absolute atomic E-state index is 12.6. The Morgan fingerprint density at radius 2 is 1.68 bits per heavy atom. The Hall–Kier alpha value is -3.71. The minimum absolute atomic E-state index is 0.0664. The number of amides is 1. The number of thiocarbonyl (C=S) groups is 1. The lowest BCUT2D eigenvalue weighted by Crippen LogP contribution is -2.34. The number of anilines is 1. The van der Waals surface area contributed by atoms with E-state index in [2.05, 4.69) is 10.6 Å². The third-order valence-electron chi connectivity index (χ3n) is 4.41. The summed E-state index contributed by atoms with van der Waals surface area (Å²) in [4.78, 5) is 24.4. The topological polar surface area (TPSA) is 76.7 Å². The number of carbonyl (C=O) groups excluding carboxylic acids is 2. The average Bonchev–Trinajstić information content (AvgIpc) is 2.80. The Balaban J connectivity index is 1.57. The van der Waals surface area contributed by atoms with Crippen LogP contribution in [0.25, 0.3) is 0 Å². The maximum Gasteiger partial charge on any atom is 0.339 e. The second-order valence-corrected chi connectivity index (χ2v) is 6.97. The van der Waals surface area contributed by atoms with E-state index < -0.39 is 5.97 Å². The van der Waals surface area contributed by atoms with E-state index in [1.807, 2.05) is 30.3 Å². The van der Waals surface area contributed by atoms with Crippen LogP contribution in [0.4, 0.5) is 5.69 Å². The molecule has 158 valence electrons. The first kappa shape index (κ1) is 22.0. The number of para-hydroxylation sites is 1. The molecule has 2 N–H and O–H groups in total. The molecule has 0 aliphatic rings. The summed E-state index contributed by atoms with van der Waals surface area (Å²) < 4.78 is 10.5. The summed E-state index contributed by atoms with van der Waals surface area (Å²) in [6.45, 7) is 0.499. The fraction of sp³-hybridized carbons (Fsp3) is 0.125. The van der Waals surface area contributed by atoms with Crippen LogP contribution in [0, 0.1) is 0 Å². The van der Waals surface area contributed by atoms with Gasteiger partial charge in [-0.2, -0.15) is 0 Å². The number of methoxy groups -OCH3 is 1. The van der Waals surface area contributed by atoms with E-state index >= 15 is 0 Å². The van der Waals surface area contributed by atoms with Gasteiger partial charge in [0.1, 0.15) is 5.75 Å². The second-order valence-electron chi connectivity index (χ2n) is 6.56. The lowest BCUT2D eigenvalue weighted by Gasteiger charge is -2.13. The highest BCUT2D eigenvalue weighted by molar-refractivity contribution is 7.80. The summed E-state index contributed by atoms with van der Waals surface area (Å²) in [7, 11) is 1.30. The molecule has 1 amide bonds. The lowest BCUT2D eigenvalue weighted by molar-refractivity contribution is 0.0602. The van der Waals surface area contributed by atoms with Gasteiger partial charge in [0.2, 0.25) is 0 Å². The van der Waals surface area contributed by atoms with Crippen molar-refractivity contribution in [1.82, 2.24) is 5.32 Å². The minimum atomic E-state index is -0.502. The Morgan fingerprint density at radius 3 is 2.45 bits per heavy atom. The highest BCUT2D eigenvalue weighted by Gasteiger charge is 2.14. The van der Waals surface area contributed by atoms with Gasteiger partial charge >= 0.3 is 5.97 Å². The summed E-state index contributed by atoms with van der Waals surface area (Å²) in [6.07, 6.45) is 0.769. The van der Waals surface area contributed by atoms with Crippen LogP contribution in [0.1, 0.15) is 26.3 Å². The molecule has 6 nitrogen and oxygen atoms in total. The van der Waals surface area contributed by atoms with Gasteiger partial charge in [-0.1, -0.05) is 48.5 Å². The normalized spacial score (nSPS) is 10.1. The van der Waals surface area contributed by atoms with Crippen LogP contribution in [-0.4, -0.2) is 30.7 Å². The largest absolute Gasteiger partial charge is 0.493 e. The van der Waals surface area contributed by atoms with Crippen LogP contribution < -0.4 is 15.4 Å². The molecule has 0 saturated heterocycles. The zero-order valence-electron chi connectivity index (χ0n) is 17.0. The Labute approximate surface area is 186 Å². The van der Waals surface area contributed by atoms with Gasteiger partial charge in [-0.25, -0.2) is 4.79 Å². The van der Waals surface area contributed by atoms with Crippen LogP contribution in [-0.2, 0) is 11.2 Å². The molecular weight excluding hydrogens is 412 g/mol. The van der Waals surface area contributed by atoms with E-state index in [4.69, 9.17) is 21.7 Å². The Morgan fingerprint density at radius 1 is 0.935 bits per heavy atom. The first-order valence-electron chi connectivity index (χ1n) is 9.63. The van der Waals surface area contributed by atoms with E-state index in [0.717, 1.165) is 6.42 Å². The summed E-state index contributed by atoms with van der Waals surface area (Å²) in [6, 6.07) is 23.6. The third-order valence-corrected chi connectivity index (χ3v) is 4.61. The predicted octanol–water partition coefficient (Wildman–Crippen LogP) is 4.22. The highest BCUT2D eigenvalue weighted by Crippen LogP contribution is 2.17. The molecule has 3 rings (SSSR count). The molecule has 0 fully saturated rings. The van der Waals surface area contributed by atoms with Crippen molar-refractivity contribution >= 4 is 34.9 Å². The van der Waals surface area contributed by atoms with E-state index in [-0.39, 0.29) is 11.0 Å². The van der Waals surface area contributed by atoms with Crippen molar-refractivity contribution in [2.24, 2.45) is 0 Å². The molecule has 0 aliphatic heterocycles. The quantitative estimate of drug-likeness (QED) is 0.428. The molecule has 0 spiro atoms. The van der Waals surface area contributed by atoms with Crippen molar-refractivity contribution < 1.29 is 19.1 Å². The Kier molecular flexibility index (Phi) is 7.73. The standard InChI is InChI=1S/C24H22N2O4S/c1-29-23(28)20-12-5-6-13-21(20)25-24(31)26-22(27)18-10-7-11-19(16-18)30-15-14-17-8-3-2-4-9-17/h2-13,16H,14-15H2,1H3,(H2,25,26,27,31). The molecule has 7 heteroatoms. The smallest absolute Gasteiger partial charge is 0.339 e. The number of ether oxygens (including phenoxy) is 2. The molecule has 3 aromatic rings. The number of nitrogens with one attached hydrogen (secondary N) is 2. The number of benzene rings is 3. The number of hydrogen-bond acceptors (Lipinski definition) is 5. The molecule has 0 aromatic heterocycles. The number of esters is 1. The summed E-state index contributed by atoms with van der Waals surface area (Å²) in [5, 5.41) is 5.54. The molecule has 0 bridgehead atoms. The van der Waals surface area contributed by atoms with E-state index in [0.29, 0.717) is 29.2 Å². The van der Waals surface area contributed by atoms with Crippen molar-refractivity contribution in [3.63, 3.8) is 0 Å². The van der Waals surface area contributed by atoms with Crippen LogP contribution in [0.3, 0.4) is 0 Å². The second kappa shape index (κ2) is 10.9. The van der Waals surface area contributed by atoms with Gasteiger partial charge in [0.05, 0.1) is 25.0 Å². The van der Waals surface area contributed by atoms with Crippen LogP contribution >= 0.6 is 12.2 Å². The zero-order valence-corrected chi connectivity index (χ0v) is 17.8. The molecule has 0 heterocycles. The van der Waals surface area contributed by atoms with E-state index in [1.54, 1.807) is 48.5 Å². The van der Waals surface area contributed by atoms with E-state index in [9.17, 15) is 9.59 Å². The van der Waals surface area contributed by atoms with Crippen LogP contribution in [0.15, 0.2) is 78.9 Å². The monoisotopic (exact) mass is 434 g/mol. The van der Waals surface area contributed by atoms with Crippen molar-refractivity contribution in [2.75, 3.05) is 19.0 Å². The fourth-order valence-corrected chi connectivity index (χ4v) is 3.07. The van der Waals surface area contributed by atoms with Crippen LogP contribution in [0.5, 0.6) is 5.75 Å². The minimum Gasteiger partial charge on any atom is -0.493 e. The van der Waals surface area contributed by atoms with Gasteiger partial charge in [0.25, 0.3) is 5.91 Å². The summed E-state index contributed by atoms with van der Waals surface area (Å²) in [5.74, 6) is -0.294. The predicted molar refractivity (Wildman–Crippen MR) is 124 cm³/mol. The Bertz CT molecular complexity index is 1070. The van der Waals surface area contributed by atoms with Crippen molar-refractivity contribution in [3.8, 4) is 5.75 Å². The lowest BCUT2D eigenvalue weighted by atomic mass is 10.1. The maximum atomic E-state index is 12.6. The SMILES string of the molecule is COC(=O)c1ccccc1NC(=S)NC(=O)c1cccc(OCCc2ccccc2)c1. The first-order valence-corrected chi connectivity index (χ1v) is 10.0. The summed E-state index contributed by atoms with van der Waals surface area (Å²) in [5.41, 5.74) is 2.34. The summed E-state index contributed by atoms with van der Waals surface area (Å²) >= 11 is 5.23. The molecule has 0 radical (unpaired) electrons.